The molecule has 0 heterocycles. The zero-order chi connectivity index (χ0) is 7.78. The molecule has 1 aliphatic rings. The molecule has 0 aliphatic heterocycles. The smallest absolute Gasteiger partial charge is 0.0774 e. The molecule has 58 valence electrons. The molecule has 1 saturated carbocycles. The van der Waals surface area contributed by atoms with E-state index in [1.807, 2.05) is 0 Å². The van der Waals surface area contributed by atoms with Gasteiger partial charge in [-0.2, -0.15) is 0 Å². The van der Waals surface area contributed by atoms with Crippen molar-refractivity contribution in [3.8, 4) is 0 Å². The fourth-order valence-electron chi connectivity index (χ4n) is 1.26. The zero-order valence-corrected chi connectivity index (χ0v) is 6.30. The van der Waals surface area contributed by atoms with Crippen LogP contribution in [-0.2, 0) is 0 Å². The molecule has 0 saturated heterocycles. The first kappa shape index (κ1) is 7.76. The lowest BCUT2D eigenvalue weighted by atomic mass is 9.82. The summed E-state index contributed by atoms with van der Waals surface area (Å²) in [6.07, 6.45) is 1.41. The van der Waals surface area contributed by atoms with E-state index >= 15 is 0 Å². The van der Waals surface area contributed by atoms with Crippen LogP contribution in [0.2, 0.25) is 0 Å². The Morgan fingerprint density at radius 1 is 1.70 bits per heavy atom. The van der Waals surface area contributed by atoms with Gasteiger partial charge in [0.25, 0.3) is 0 Å². The van der Waals surface area contributed by atoms with Gasteiger partial charge in [-0.15, -0.1) is 0 Å². The summed E-state index contributed by atoms with van der Waals surface area (Å²) >= 11 is 0. The SMILES string of the molecule is C=C1CCC(C)(O)CC1O. The Hall–Kier alpha value is -0.340. The van der Waals surface area contributed by atoms with Gasteiger partial charge >= 0.3 is 0 Å². The lowest BCUT2D eigenvalue weighted by Gasteiger charge is -2.32. The third-order valence-corrected chi connectivity index (χ3v) is 2.09. The number of hydrogen-bond donors (Lipinski definition) is 2. The molecule has 2 N–H and O–H groups in total. The van der Waals surface area contributed by atoms with Gasteiger partial charge in [-0.05, 0) is 25.3 Å². The van der Waals surface area contributed by atoms with Crippen LogP contribution in [0.25, 0.3) is 0 Å². The van der Waals surface area contributed by atoms with Gasteiger partial charge in [0.05, 0.1) is 11.7 Å². The molecule has 0 amide bonds. The lowest BCUT2D eigenvalue weighted by Crippen LogP contribution is -2.35. The van der Waals surface area contributed by atoms with Crippen LogP contribution in [0.15, 0.2) is 12.2 Å². The summed E-state index contributed by atoms with van der Waals surface area (Å²) in [5.74, 6) is 0. The van der Waals surface area contributed by atoms with Crippen molar-refractivity contribution in [2.75, 3.05) is 0 Å². The zero-order valence-electron chi connectivity index (χ0n) is 6.30. The van der Waals surface area contributed by atoms with Crippen molar-refractivity contribution in [2.24, 2.45) is 0 Å². The van der Waals surface area contributed by atoms with Gasteiger partial charge < -0.3 is 10.2 Å². The number of hydrogen-bond acceptors (Lipinski definition) is 2. The third-order valence-electron chi connectivity index (χ3n) is 2.09. The quantitative estimate of drug-likeness (QED) is 0.492. The number of aliphatic hydroxyl groups excluding tert-OH is 1. The van der Waals surface area contributed by atoms with Gasteiger partial charge in [0.15, 0.2) is 0 Å². The summed E-state index contributed by atoms with van der Waals surface area (Å²) in [6, 6.07) is 0. The van der Waals surface area contributed by atoms with Gasteiger partial charge in [-0.3, -0.25) is 0 Å². The number of rotatable bonds is 0. The second kappa shape index (κ2) is 2.36. The fraction of sp³-hybridized carbons (Fsp3) is 0.750. The summed E-state index contributed by atoms with van der Waals surface area (Å²) in [4.78, 5) is 0. The summed E-state index contributed by atoms with van der Waals surface area (Å²) in [6.45, 7) is 5.45. The predicted molar refractivity (Wildman–Crippen MR) is 39.6 cm³/mol. The van der Waals surface area contributed by atoms with Crippen molar-refractivity contribution < 1.29 is 10.2 Å². The first-order valence-electron chi connectivity index (χ1n) is 3.59. The van der Waals surface area contributed by atoms with Crippen LogP contribution < -0.4 is 0 Å². The van der Waals surface area contributed by atoms with Gasteiger partial charge in [0, 0.05) is 6.42 Å². The largest absolute Gasteiger partial charge is 0.390 e. The maximum Gasteiger partial charge on any atom is 0.0774 e. The highest BCUT2D eigenvalue weighted by Gasteiger charge is 2.30. The van der Waals surface area contributed by atoms with Crippen LogP contribution in [0.1, 0.15) is 26.2 Å². The standard InChI is InChI=1S/C8H14O2/c1-6-3-4-8(2,10)5-7(6)9/h7,9-10H,1,3-5H2,2H3. The van der Waals surface area contributed by atoms with Crippen molar-refractivity contribution in [2.45, 2.75) is 37.9 Å². The maximum atomic E-state index is 9.46. The van der Waals surface area contributed by atoms with Gasteiger partial charge in [0.1, 0.15) is 0 Å². The van der Waals surface area contributed by atoms with E-state index in [0.717, 1.165) is 18.4 Å². The highest BCUT2D eigenvalue weighted by atomic mass is 16.3. The summed E-state index contributed by atoms with van der Waals surface area (Å²) in [5, 5.41) is 18.7. The molecule has 1 aliphatic carbocycles. The van der Waals surface area contributed by atoms with Crippen molar-refractivity contribution >= 4 is 0 Å². The Kier molecular flexibility index (Phi) is 1.84. The molecule has 2 heteroatoms. The van der Waals surface area contributed by atoms with E-state index in [1.54, 1.807) is 6.92 Å². The van der Waals surface area contributed by atoms with Crippen LogP contribution in [0, 0.1) is 0 Å². The van der Waals surface area contributed by atoms with E-state index in [0.29, 0.717) is 6.42 Å². The first-order chi connectivity index (χ1) is 4.51. The molecule has 0 bridgehead atoms. The van der Waals surface area contributed by atoms with Crippen LogP contribution in [0.5, 0.6) is 0 Å². The average Bonchev–Trinajstić information content (AvgIpc) is 1.79. The molecule has 1 fully saturated rings. The van der Waals surface area contributed by atoms with Crippen LogP contribution >= 0.6 is 0 Å². The lowest BCUT2D eigenvalue weighted by molar-refractivity contribution is -0.0100. The van der Waals surface area contributed by atoms with Crippen LogP contribution in [-0.4, -0.2) is 21.9 Å². The summed E-state index contributed by atoms with van der Waals surface area (Å²) < 4.78 is 0. The van der Waals surface area contributed by atoms with E-state index in [1.165, 1.54) is 0 Å². The molecule has 0 spiro atoms. The second-order valence-electron chi connectivity index (χ2n) is 3.38. The molecule has 10 heavy (non-hydrogen) atoms. The first-order valence-corrected chi connectivity index (χ1v) is 3.59. The Labute approximate surface area is 61.2 Å². The van der Waals surface area contributed by atoms with Gasteiger partial charge in [-0.25, -0.2) is 0 Å². The van der Waals surface area contributed by atoms with E-state index in [9.17, 15) is 10.2 Å². The molecule has 1 rings (SSSR count). The van der Waals surface area contributed by atoms with Crippen molar-refractivity contribution in [1.82, 2.24) is 0 Å². The Bertz CT molecular complexity index is 149. The minimum absolute atomic E-state index is 0.436. The van der Waals surface area contributed by atoms with E-state index in [-0.39, 0.29) is 0 Å². The Morgan fingerprint density at radius 2 is 2.30 bits per heavy atom. The highest BCUT2D eigenvalue weighted by Crippen LogP contribution is 2.30. The minimum Gasteiger partial charge on any atom is -0.390 e. The van der Waals surface area contributed by atoms with Gasteiger partial charge in [-0.1, -0.05) is 6.58 Å². The second-order valence-corrected chi connectivity index (χ2v) is 3.38. The normalized spacial score (nSPS) is 41.9. The minimum atomic E-state index is -0.680. The summed E-state index contributed by atoms with van der Waals surface area (Å²) in [7, 11) is 0. The molecular formula is C8H14O2. The molecule has 2 atom stereocenters. The topological polar surface area (TPSA) is 40.5 Å². The maximum absolute atomic E-state index is 9.46. The van der Waals surface area contributed by atoms with Crippen molar-refractivity contribution in [1.29, 1.82) is 0 Å². The van der Waals surface area contributed by atoms with E-state index in [2.05, 4.69) is 6.58 Å². The molecule has 0 aromatic heterocycles. The Morgan fingerprint density at radius 3 is 2.70 bits per heavy atom. The molecule has 0 aromatic rings. The molecule has 0 aromatic carbocycles. The Balaban J connectivity index is 2.57. The fourth-order valence-corrected chi connectivity index (χ4v) is 1.26. The monoisotopic (exact) mass is 142 g/mol. The average molecular weight is 142 g/mol. The summed E-state index contributed by atoms with van der Waals surface area (Å²) in [5.41, 5.74) is 0.173. The highest BCUT2D eigenvalue weighted by molar-refractivity contribution is 5.08. The van der Waals surface area contributed by atoms with Crippen LogP contribution in [0.4, 0.5) is 0 Å². The molecule has 2 unspecified atom stereocenters. The van der Waals surface area contributed by atoms with Crippen LogP contribution in [0.3, 0.4) is 0 Å². The molecule has 2 nitrogen and oxygen atoms in total. The predicted octanol–water partition coefficient (Wildman–Crippen LogP) is 0.838. The molecule has 0 radical (unpaired) electrons. The van der Waals surface area contributed by atoms with Crippen molar-refractivity contribution in [3.63, 3.8) is 0 Å². The molecular weight excluding hydrogens is 128 g/mol. The third kappa shape index (κ3) is 1.58. The van der Waals surface area contributed by atoms with E-state index < -0.39 is 11.7 Å². The number of aliphatic hydroxyl groups is 2. The van der Waals surface area contributed by atoms with Gasteiger partial charge in [0.2, 0.25) is 0 Å². The van der Waals surface area contributed by atoms with E-state index in [4.69, 9.17) is 0 Å². The van der Waals surface area contributed by atoms with Crippen molar-refractivity contribution in [3.05, 3.63) is 12.2 Å².